The maximum Gasteiger partial charge on any atom is 0.273 e. The fourth-order valence-corrected chi connectivity index (χ4v) is 2.78. The van der Waals surface area contributed by atoms with Crippen molar-refractivity contribution < 1.29 is 9.59 Å². The van der Waals surface area contributed by atoms with Crippen molar-refractivity contribution >= 4 is 22.7 Å². The van der Waals surface area contributed by atoms with Gasteiger partial charge < -0.3 is 11.1 Å². The van der Waals surface area contributed by atoms with Gasteiger partial charge in [-0.3, -0.25) is 14.3 Å². The zero-order valence-electron chi connectivity index (χ0n) is 14.4. The molecule has 1 aromatic carbocycles. The van der Waals surface area contributed by atoms with Gasteiger partial charge in [0, 0.05) is 11.9 Å². The highest BCUT2D eigenvalue weighted by Gasteiger charge is 2.22. The molecule has 2 aromatic rings. The first-order valence-electron chi connectivity index (χ1n) is 8.64. The third kappa shape index (κ3) is 4.13. The lowest BCUT2D eigenvalue weighted by Gasteiger charge is -2.13. The van der Waals surface area contributed by atoms with E-state index in [2.05, 4.69) is 17.3 Å². The molecule has 0 spiro atoms. The first-order valence-corrected chi connectivity index (χ1v) is 8.64. The van der Waals surface area contributed by atoms with Gasteiger partial charge in [0.2, 0.25) is 5.91 Å². The molecule has 0 fully saturated rings. The molecule has 24 heavy (non-hydrogen) atoms. The van der Waals surface area contributed by atoms with E-state index in [4.69, 9.17) is 5.73 Å². The van der Waals surface area contributed by atoms with Gasteiger partial charge in [-0.25, -0.2) is 0 Å². The molecule has 0 aliphatic heterocycles. The summed E-state index contributed by atoms with van der Waals surface area (Å²) in [5, 5.41) is 8.00. The Kier molecular flexibility index (Phi) is 6.35. The lowest BCUT2D eigenvalue weighted by Crippen LogP contribution is -2.44. The standard InChI is InChI=1S/C18H26N4O2/c1-3-5-8-12-22-15-11-7-6-10-13(15)16(21-22)18(24)20-14(9-4-2)17(19)23/h6-7,10-11,14H,3-5,8-9,12H2,1-2H3,(H2,19,23)(H,20,24)/t14-/m0/s1. The fourth-order valence-electron chi connectivity index (χ4n) is 2.78. The molecule has 0 radical (unpaired) electrons. The molecule has 3 N–H and O–H groups in total. The Balaban J connectivity index is 2.27. The fraction of sp³-hybridized carbons (Fsp3) is 0.500. The number of rotatable bonds is 9. The summed E-state index contributed by atoms with van der Waals surface area (Å²) in [7, 11) is 0. The molecule has 130 valence electrons. The lowest BCUT2D eigenvalue weighted by molar-refractivity contribution is -0.120. The summed E-state index contributed by atoms with van der Waals surface area (Å²) in [6.45, 7) is 4.87. The van der Waals surface area contributed by atoms with Crippen LogP contribution in [0.15, 0.2) is 24.3 Å². The van der Waals surface area contributed by atoms with Crippen molar-refractivity contribution in [3.8, 4) is 0 Å². The van der Waals surface area contributed by atoms with E-state index in [0.717, 1.165) is 43.1 Å². The van der Waals surface area contributed by atoms with E-state index in [1.54, 1.807) is 0 Å². The summed E-state index contributed by atoms with van der Waals surface area (Å²) in [6, 6.07) is 7.00. The number of amides is 2. The van der Waals surface area contributed by atoms with Gasteiger partial charge >= 0.3 is 0 Å². The van der Waals surface area contributed by atoms with Crippen molar-refractivity contribution in [2.75, 3.05) is 0 Å². The summed E-state index contributed by atoms with van der Waals surface area (Å²) in [4.78, 5) is 24.1. The summed E-state index contributed by atoms with van der Waals surface area (Å²) >= 11 is 0. The molecule has 0 saturated heterocycles. The van der Waals surface area contributed by atoms with Gasteiger partial charge in [-0.05, 0) is 18.9 Å². The van der Waals surface area contributed by atoms with Crippen LogP contribution in [-0.4, -0.2) is 27.6 Å². The zero-order valence-corrected chi connectivity index (χ0v) is 14.4. The molecule has 1 aromatic heterocycles. The second-order valence-electron chi connectivity index (χ2n) is 6.01. The van der Waals surface area contributed by atoms with Gasteiger partial charge in [0.15, 0.2) is 5.69 Å². The predicted octanol–water partition coefficient (Wildman–Crippen LogP) is 2.61. The highest BCUT2D eigenvalue weighted by atomic mass is 16.2. The minimum atomic E-state index is -0.661. The Hall–Kier alpha value is -2.37. The van der Waals surface area contributed by atoms with Gasteiger partial charge in [0.25, 0.3) is 5.91 Å². The monoisotopic (exact) mass is 330 g/mol. The Bertz CT molecular complexity index is 708. The second kappa shape index (κ2) is 8.47. The number of nitrogens with one attached hydrogen (secondary N) is 1. The molecule has 1 atom stereocenters. The first kappa shape index (κ1) is 18.0. The van der Waals surface area contributed by atoms with Crippen LogP contribution in [0.4, 0.5) is 0 Å². The average Bonchev–Trinajstić information content (AvgIpc) is 2.94. The maximum atomic E-state index is 12.6. The first-order chi connectivity index (χ1) is 11.6. The van der Waals surface area contributed by atoms with Gasteiger partial charge in [0.05, 0.1) is 5.52 Å². The number of nitrogens with zero attached hydrogens (tertiary/aromatic N) is 2. The highest BCUT2D eigenvalue weighted by molar-refractivity contribution is 6.06. The van der Waals surface area contributed by atoms with Crippen molar-refractivity contribution in [2.24, 2.45) is 5.73 Å². The Labute approximate surface area is 142 Å². The van der Waals surface area contributed by atoms with Gasteiger partial charge in [-0.1, -0.05) is 51.3 Å². The topological polar surface area (TPSA) is 90.0 Å². The SMILES string of the molecule is CCCCCn1nc(C(=O)N[C@@H](CCC)C(N)=O)c2ccccc21. The molecule has 0 saturated carbocycles. The van der Waals surface area contributed by atoms with Crippen LogP contribution in [0.25, 0.3) is 10.9 Å². The number of hydrogen-bond donors (Lipinski definition) is 2. The van der Waals surface area contributed by atoms with Gasteiger partial charge in [-0.2, -0.15) is 5.10 Å². The molecule has 2 rings (SSSR count). The van der Waals surface area contributed by atoms with Crippen LogP contribution < -0.4 is 11.1 Å². The molecule has 6 heteroatoms. The van der Waals surface area contributed by atoms with E-state index >= 15 is 0 Å². The number of para-hydroxylation sites is 1. The minimum Gasteiger partial charge on any atom is -0.368 e. The van der Waals surface area contributed by atoms with E-state index < -0.39 is 11.9 Å². The number of benzene rings is 1. The number of carbonyl (C=O) groups excluding carboxylic acids is 2. The number of fused-ring (bicyclic) bond motifs is 1. The number of primary amides is 1. The van der Waals surface area contributed by atoms with Crippen LogP contribution >= 0.6 is 0 Å². The summed E-state index contributed by atoms with van der Waals surface area (Å²) < 4.78 is 1.87. The predicted molar refractivity (Wildman–Crippen MR) is 94.6 cm³/mol. The van der Waals surface area contributed by atoms with E-state index in [-0.39, 0.29) is 5.91 Å². The Morgan fingerprint density at radius 2 is 1.96 bits per heavy atom. The van der Waals surface area contributed by atoms with E-state index in [0.29, 0.717) is 12.1 Å². The van der Waals surface area contributed by atoms with Crippen LogP contribution in [0.5, 0.6) is 0 Å². The highest BCUT2D eigenvalue weighted by Crippen LogP contribution is 2.19. The van der Waals surface area contributed by atoms with E-state index in [9.17, 15) is 9.59 Å². The van der Waals surface area contributed by atoms with Crippen molar-refractivity contribution in [3.05, 3.63) is 30.0 Å². The van der Waals surface area contributed by atoms with E-state index in [1.165, 1.54) is 0 Å². The molecule has 2 amide bonds. The van der Waals surface area contributed by atoms with Gasteiger partial charge in [-0.15, -0.1) is 0 Å². The largest absolute Gasteiger partial charge is 0.368 e. The van der Waals surface area contributed by atoms with Crippen LogP contribution in [-0.2, 0) is 11.3 Å². The molecule has 1 heterocycles. The molecule has 6 nitrogen and oxygen atoms in total. The van der Waals surface area contributed by atoms with Crippen LogP contribution in [0.1, 0.15) is 56.4 Å². The normalized spacial score (nSPS) is 12.2. The molecule has 0 bridgehead atoms. The summed E-state index contributed by atoms with van der Waals surface area (Å²) in [5.74, 6) is -0.866. The molecule has 0 aliphatic rings. The summed E-state index contributed by atoms with van der Waals surface area (Å²) in [6.07, 6.45) is 4.55. The van der Waals surface area contributed by atoms with Crippen LogP contribution in [0.2, 0.25) is 0 Å². The lowest BCUT2D eigenvalue weighted by atomic mass is 10.1. The Morgan fingerprint density at radius 1 is 1.21 bits per heavy atom. The number of hydrogen-bond acceptors (Lipinski definition) is 3. The number of nitrogens with two attached hydrogens (primary N) is 1. The van der Waals surface area contributed by atoms with E-state index in [1.807, 2.05) is 35.9 Å². The van der Waals surface area contributed by atoms with Crippen molar-refractivity contribution in [1.82, 2.24) is 15.1 Å². The zero-order chi connectivity index (χ0) is 17.5. The number of aryl methyl sites for hydroxylation is 1. The third-order valence-electron chi connectivity index (χ3n) is 4.07. The van der Waals surface area contributed by atoms with Crippen molar-refractivity contribution in [2.45, 2.75) is 58.5 Å². The molecular weight excluding hydrogens is 304 g/mol. The van der Waals surface area contributed by atoms with Crippen molar-refractivity contribution in [3.63, 3.8) is 0 Å². The maximum absolute atomic E-state index is 12.6. The average molecular weight is 330 g/mol. The molecule has 0 unspecified atom stereocenters. The minimum absolute atomic E-state index is 0.349. The van der Waals surface area contributed by atoms with Gasteiger partial charge in [0.1, 0.15) is 6.04 Å². The van der Waals surface area contributed by atoms with Crippen molar-refractivity contribution in [1.29, 1.82) is 0 Å². The third-order valence-corrected chi connectivity index (χ3v) is 4.07. The second-order valence-corrected chi connectivity index (χ2v) is 6.01. The number of aromatic nitrogens is 2. The van der Waals surface area contributed by atoms with Crippen LogP contribution in [0.3, 0.4) is 0 Å². The Morgan fingerprint density at radius 3 is 2.62 bits per heavy atom. The summed E-state index contributed by atoms with van der Waals surface area (Å²) in [5.41, 5.74) is 6.66. The molecular formula is C18H26N4O2. The van der Waals surface area contributed by atoms with Crippen LogP contribution in [0, 0.1) is 0 Å². The number of carbonyl (C=O) groups is 2. The smallest absolute Gasteiger partial charge is 0.273 e. The molecule has 0 aliphatic carbocycles. The number of unbranched alkanes of at least 4 members (excludes halogenated alkanes) is 2. The quantitative estimate of drug-likeness (QED) is 0.693.